The van der Waals surface area contributed by atoms with Gasteiger partial charge in [-0.15, -0.1) is 0 Å². The highest BCUT2D eigenvalue weighted by Crippen LogP contribution is 2.34. The summed E-state index contributed by atoms with van der Waals surface area (Å²) in [5.74, 6) is 5.95. The van der Waals surface area contributed by atoms with Crippen molar-refractivity contribution in [1.29, 1.82) is 0 Å². The van der Waals surface area contributed by atoms with Gasteiger partial charge in [0.1, 0.15) is 34.2 Å². The first-order valence-corrected chi connectivity index (χ1v) is 39.3. The third-order valence-corrected chi connectivity index (χ3v) is 21.6. The van der Waals surface area contributed by atoms with Crippen LogP contribution in [0.2, 0.25) is 0 Å². The van der Waals surface area contributed by atoms with Crippen molar-refractivity contribution in [3.8, 4) is 11.5 Å². The summed E-state index contributed by atoms with van der Waals surface area (Å²) >= 11 is 0. The Kier molecular flexibility index (Phi) is 23.1. The van der Waals surface area contributed by atoms with Gasteiger partial charge < -0.3 is 90.1 Å². The van der Waals surface area contributed by atoms with E-state index in [0.29, 0.717) is 58.6 Å². The van der Waals surface area contributed by atoms with E-state index in [4.69, 9.17) is 33.7 Å². The van der Waals surface area contributed by atoms with Gasteiger partial charge in [0.2, 0.25) is 17.8 Å². The van der Waals surface area contributed by atoms with Crippen LogP contribution in [0.25, 0.3) is 33.5 Å². The number of nitrogens with one attached hydrogen (secondary N) is 9. The first kappa shape index (κ1) is 73.6. The molecule has 6 aromatic heterocycles. The number of anilines is 13. The van der Waals surface area contributed by atoms with E-state index in [2.05, 4.69) is 246 Å². The predicted molar refractivity (Wildman–Crippen MR) is 445 cm³/mol. The number of likely N-dealkylation sites (tertiary alicyclic amines) is 2. The number of morpholine rings is 3. The van der Waals surface area contributed by atoms with Gasteiger partial charge in [0.15, 0.2) is 34.4 Å². The monoisotopic (exact) mass is 1520 g/mol. The van der Waals surface area contributed by atoms with Gasteiger partial charge in [0.25, 0.3) is 0 Å². The summed E-state index contributed by atoms with van der Waals surface area (Å²) in [6.07, 6.45) is 10.4. The first-order chi connectivity index (χ1) is 55.8. The fourth-order valence-corrected chi connectivity index (χ4v) is 15.5. The van der Waals surface area contributed by atoms with Gasteiger partial charge in [0, 0.05) is 143 Å². The first-order valence-electron chi connectivity index (χ1n) is 39.3. The van der Waals surface area contributed by atoms with Crippen molar-refractivity contribution in [1.82, 2.24) is 69.6 Å². The van der Waals surface area contributed by atoms with E-state index in [1.165, 1.54) is 33.8 Å². The van der Waals surface area contributed by atoms with Crippen LogP contribution >= 0.6 is 0 Å². The zero-order chi connectivity index (χ0) is 75.9. The number of imidazole rings is 3. The van der Waals surface area contributed by atoms with Crippen LogP contribution < -0.4 is 56.1 Å². The summed E-state index contributed by atoms with van der Waals surface area (Å²) in [6, 6.07) is 63.5. The number of aromatic amines is 3. The number of nitrogens with zero attached hydrogens (tertiary/aromatic N) is 14. The maximum Gasteiger partial charge on any atom is 0.231 e. The molecule has 19 rings (SSSR count). The number of benzene rings is 7. The molecule has 1 atom stereocenters. The highest BCUT2D eigenvalue weighted by molar-refractivity contribution is 5.87. The Morgan fingerprint density at radius 3 is 1.21 bits per heavy atom. The summed E-state index contributed by atoms with van der Waals surface area (Å²) in [5.41, 5.74) is 15.6. The van der Waals surface area contributed by atoms with Crippen LogP contribution in [0.5, 0.6) is 11.5 Å². The Labute approximate surface area is 655 Å². The third kappa shape index (κ3) is 18.6. The largest absolute Gasteiger partial charge is 0.497 e. The smallest absolute Gasteiger partial charge is 0.231 e. The fourth-order valence-electron chi connectivity index (χ4n) is 15.5. The van der Waals surface area contributed by atoms with Crippen molar-refractivity contribution in [2.75, 3.05) is 172 Å². The average Bonchev–Trinajstić information content (AvgIpc) is 1.73. The highest BCUT2D eigenvalue weighted by Gasteiger charge is 2.30. The molecule has 6 aliphatic heterocycles. The number of rotatable bonds is 22. The second-order valence-electron chi connectivity index (χ2n) is 29.0. The average molecular weight is 1520 g/mol. The number of para-hydroxylation sites is 1. The maximum absolute atomic E-state index is 6.17. The predicted octanol–water partition coefficient (Wildman–Crippen LogP) is 13.1. The molecule has 7 aromatic carbocycles. The molecule has 28 heteroatoms. The topological polar surface area (TPSA) is 298 Å². The van der Waals surface area contributed by atoms with Crippen LogP contribution in [-0.2, 0) is 20.6 Å². The van der Waals surface area contributed by atoms with Crippen molar-refractivity contribution in [2.24, 2.45) is 0 Å². The van der Waals surface area contributed by atoms with E-state index < -0.39 is 0 Å². The van der Waals surface area contributed by atoms with Gasteiger partial charge in [-0.05, 0) is 146 Å². The van der Waals surface area contributed by atoms with E-state index in [1.807, 2.05) is 42.5 Å². The molecule has 5 fully saturated rings. The Morgan fingerprint density at radius 1 is 0.407 bits per heavy atom. The molecular weight excluding hydrogens is 1420 g/mol. The van der Waals surface area contributed by atoms with Crippen LogP contribution in [-0.4, -0.2) is 213 Å². The van der Waals surface area contributed by atoms with Crippen molar-refractivity contribution in [3.05, 3.63) is 218 Å². The third-order valence-electron chi connectivity index (χ3n) is 21.6. The lowest BCUT2D eigenvalue weighted by Gasteiger charge is -2.35. The summed E-state index contributed by atoms with van der Waals surface area (Å²) in [7, 11) is 1.65. The summed E-state index contributed by atoms with van der Waals surface area (Å²) < 4.78 is 27.8. The molecular formula is C85H95N23O5. The summed E-state index contributed by atoms with van der Waals surface area (Å²) in [6.45, 7) is 16.2. The van der Waals surface area contributed by atoms with Crippen LogP contribution in [0.15, 0.2) is 201 Å². The maximum atomic E-state index is 6.17. The Bertz CT molecular complexity index is 5120. The number of H-pyrrole nitrogens is 3. The van der Waals surface area contributed by atoms with Gasteiger partial charge in [0.05, 0.1) is 65.7 Å². The number of ether oxygens (including phenoxy) is 5. The van der Waals surface area contributed by atoms with Gasteiger partial charge in [-0.25, -0.2) is 15.0 Å². The van der Waals surface area contributed by atoms with Gasteiger partial charge >= 0.3 is 0 Å². The number of hydrogen-bond donors (Lipinski definition) is 9. The van der Waals surface area contributed by atoms with Crippen molar-refractivity contribution in [3.63, 3.8) is 0 Å². The minimum absolute atomic E-state index is 0.245. The van der Waals surface area contributed by atoms with E-state index in [0.717, 1.165) is 213 Å². The van der Waals surface area contributed by atoms with Crippen molar-refractivity contribution in [2.45, 2.75) is 56.2 Å². The molecule has 28 nitrogen and oxygen atoms in total. The molecule has 13 aromatic rings. The van der Waals surface area contributed by atoms with E-state index in [9.17, 15) is 0 Å². The van der Waals surface area contributed by atoms with Gasteiger partial charge in [-0.3, -0.25) is 4.90 Å². The normalized spacial score (nSPS) is 17.0. The molecule has 0 bridgehead atoms. The molecule has 12 heterocycles. The zero-order valence-corrected chi connectivity index (χ0v) is 63.4. The molecule has 580 valence electrons. The molecule has 6 aliphatic rings. The van der Waals surface area contributed by atoms with E-state index in [-0.39, 0.29) is 6.10 Å². The fraction of sp³-hybridized carbons (Fsp3) is 0.329. The standard InChI is InChI=1S/C34H38N8O.C29H34N8O2.C22H23N7O2/c1-3-7-25(8-4-1)30(26-9-5-2-6-10-26)23-41-17-15-28(16-18-41)37-33-31-32(36-24-35-31)39-34(40-33)38-27-11-13-29(14-12-27)42-19-21-43-22-20-42;1-2-4-25-20(3-1)17-24(39-25)18-36-11-9-22(10-12-36)32-28-26-27(31-19-30-26)34-29(35-28)33-21-5-7-23(8-6-21)37-13-15-38-16-14-37;1-30-18-8-4-15(5-9-18)25-21-19-20(24-14-23-19)27-22(28-21)26-16-2-6-17(7-3-16)29-10-12-31-13-11-29/h1-14,24,28,30H,15-23H2,(H3,35,36,37,38,39,40);1-8,19,22,24H,9-18H2,(H3,30,31,32,33,34,35);2-9,14H,10-13H2,1H3,(H3,23,24,25,26,27,28). The van der Waals surface area contributed by atoms with Crippen molar-refractivity contribution < 1.29 is 23.7 Å². The van der Waals surface area contributed by atoms with Gasteiger partial charge in [-0.2, -0.15) is 29.9 Å². The molecule has 5 saturated heterocycles. The van der Waals surface area contributed by atoms with E-state index >= 15 is 0 Å². The van der Waals surface area contributed by atoms with Crippen LogP contribution in [0.3, 0.4) is 0 Å². The SMILES string of the molecule is COc1ccc(Nc2nc(Nc3ccc(N4CCOCC4)cc3)nc3nc[nH]c23)cc1.c1ccc(C(CN2CCC(Nc3nc(Nc4ccc(N5CCOCC5)cc4)nc4nc[nH]c34)CC2)c2ccccc2)cc1.c1ccc2c(c1)CC(CN1CCC(Nc3nc(Nc4ccc(N5CCOCC5)cc4)nc4nc[nH]c34)CC1)O2. The number of methoxy groups -OCH3 is 1. The Morgan fingerprint density at radius 2 is 0.788 bits per heavy atom. The van der Waals surface area contributed by atoms with Crippen LogP contribution in [0.1, 0.15) is 48.3 Å². The van der Waals surface area contributed by atoms with E-state index in [1.54, 1.807) is 26.1 Å². The number of hydrogen-bond acceptors (Lipinski definition) is 25. The lowest BCUT2D eigenvalue weighted by Crippen LogP contribution is -2.43. The molecule has 0 amide bonds. The van der Waals surface area contributed by atoms with Crippen molar-refractivity contribution >= 4 is 109 Å². The minimum Gasteiger partial charge on any atom is -0.497 e. The molecule has 0 radical (unpaired) electrons. The zero-order valence-electron chi connectivity index (χ0n) is 63.4. The number of fused-ring (bicyclic) bond motifs is 4. The highest BCUT2D eigenvalue weighted by atomic mass is 16.5. The molecule has 9 N–H and O–H groups in total. The molecule has 113 heavy (non-hydrogen) atoms. The second kappa shape index (κ2) is 35.4. The molecule has 1 unspecified atom stereocenters. The minimum atomic E-state index is 0.245. The van der Waals surface area contributed by atoms with Crippen LogP contribution in [0.4, 0.5) is 75.1 Å². The molecule has 0 saturated carbocycles. The second-order valence-corrected chi connectivity index (χ2v) is 29.0. The Hall–Kier alpha value is -12.2. The number of piperidine rings is 2. The molecule has 0 aliphatic carbocycles. The van der Waals surface area contributed by atoms with Gasteiger partial charge in [-0.1, -0.05) is 78.9 Å². The lowest BCUT2D eigenvalue weighted by molar-refractivity contribution is 0.122. The summed E-state index contributed by atoms with van der Waals surface area (Å²) in [5, 5.41) is 20.8. The number of aromatic nitrogens is 12. The van der Waals surface area contributed by atoms with Crippen LogP contribution in [0, 0.1) is 0 Å². The lowest BCUT2D eigenvalue weighted by atomic mass is 9.90. The Balaban J connectivity index is 0.000000124. The quantitative estimate of drug-likeness (QED) is 0.0305. The summed E-state index contributed by atoms with van der Waals surface area (Å²) in [4.78, 5) is 63.0. The molecule has 0 spiro atoms.